The first-order valence-electron chi connectivity index (χ1n) is 4.98. The predicted molar refractivity (Wildman–Crippen MR) is 62.5 cm³/mol. The molecule has 17 heavy (non-hydrogen) atoms. The Labute approximate surface area is 98.3 Å². The Morgan fingerprint density at radius 2 is 2.12 bits per heavy atom. The summed E-state index contributed by atoms with van der Waals surface area (Å²) in [6, 6.07) is 8.64. The number of nitrogens with zero attached hydrogens (tertiary/aromatic N) is 2. The van der Waals surface area contributed by atoms with Crippen molar-refractivity contribution >= 4 is 5.91 Å². The van der Waals surface area contributed by atoms with Crippen molar-refractivity contribution in [2.75, 3.05) is 7.11 Å². The Balaban J connectivity index is 2.54. The van der Waals surface area contributed by atoms with Crippen LogP contribution >= 0.6 is 0 Å². The number of aromatic nitrogens is 2. The minimum absolute atomic E-state index is 0.157. The summed E-state index contributed by atoms with van der Waals surface area (Å²) < 4.78 is 5.09. The van der Waals surface area contributed by atoms with E-state index in [-0.39, 0.29) is 5.69 Å². The molecule has 86 valence electrons. The van der Waals surface area contributed by atoms with E-state index in [1.165, 1.54) is 13.2 Å². The number of hydrogen-bond donors (Lipinski definition) is 1. The monoisotopic (exact) mass is 229 g/mol. The van der Waals surface area contributed by atoms with Crippen LogP contribution in [0.1, 0.15) is 10.5 Å². The maximum absolute atomic E-state index is 11.1. The van der Waals surface area contributed by atoms with Gasteiger partial charge in [-0.05, 0) is 12.1 Å². The molecule has 0 saturated carbocycles. The number of carbonyl (C=O) groups is 1. The lowest BCUT2D eigenvalue weighted by atomic mass is 10.2. The third-order valence-electron chi connectivity index (χ3n) is 2.21. The van der Waals surface area contributed by atoms with Crippen LogP contribution < -0.4 is 10.5 Å². The number of primary amides is 1. The van der Waals surface area contributed by atoms with Gasteiger partial charge in [-0.15, -0.1) is 0 Å². The highest BCUT2D eigenvalue weighted by Crippen LogP contribution is 2.21. The molecule has 2 heterocycles. The number of rotatable bonds is 3. The van der Waals surface area contributed by atoms with Crippen molar-refractivity contribution in [3.8, 4) is 17.1 Å². The summed E-state index contributed by atoms with van der Waals surface area (Å²) in [7, 11) is 1.52. The van der Waals surface area contributed by atoms with Crippen LogP contribution in [0, 0.1) is 0 Å². The highest BCUT2D eigenvalue weighted by atomic mass is 16.5. The SMILES string of the molecule is COc1cc(C(N)=O)nc(-c2ccccn2)c1. The van der Waals surface area contributed by atoms with Crippen LogP contribution in [0.25, 0.3) is 11.4 Å². The minimum Gasteiger partial charge on any atom is -0.497 e. The predicted octanol–water partition coefficient (Wildman–Crippen LogP) is 1.25. The molecule has 0 aliphatic heterocycles. The first-order chi connectivity index (χ1) is 8.20. The fourth-order valence-electron chi connectivity index (χ4n) is 1.40. The summed E-state index contributed by atoms with van der Waals surface area (Å²) in [4.78, 5) is 19.4. The van der Waals surface area contributed by atoms with E-state index in [4.69, 9.17) is 10.5 Å². The standard InChI is InChI=1S/C12H11N3O2/c1-17-8-6-10(9-4-2-3-5-14-9)15-11(7-8)12(13)16/h2-7H,1H3,(H2,13,16). The summed E-state index contributed by atoms with van der Waals surface area (Å²) in [6.07, 6.45) is 1.65. The van der Waals surface area contributed by atoms with Gasteiger partial charge in [0.2, 0.25) is 0 Å². The van der Waals surface area contributed by atoms with Crippen LogP contribution in [0.3, 0.4) is 0 Å². The molecule has 0 aliphatic carbocycles. The van der Waals surface area contributed by atoms with Gasteiger partial charge in [0.05, 0.1) is 18.5 Å². The fraction of sp³-hybridized carbons (Fsp3) is 0.0833. The second-order valence-electron chi connectivity index (χ2n) is 3.36. The molecule has 0 bridgehead atoms. The van der Waals surface area contributed by atoms with E-state index in [2.05, 4.69) is 9.97 Å². The summed E-state index contributed by atoms with van der Waals surface area (Å²) in [5, 5.41) is 0. The van der Waals surface area contributed by atoms with E-state index in [1.54, 1.807) is 24.4 Å². The summed E-state index contributed by atoms with van der Waals surface area (Å²) in [6.45, 7) is 0. The summed E-state index contributed by atoms with van der Waals surface area (Å²) in [5.41, 5.74) is 6.58. The Morgan fingerprint density at radius 1 is 1.29 bits per heavy atom. The molecule has 0 fully saturated rings. The molecule has 0 atom stereocenters. The lowest BCUT2D eigenvalue weighted by molar-refractivity contribution is 0.0995. The van der Waals surface area contributed by atoms with Crippen molar-refractivity contribution in [2.24, 2.45) is 5.73 Å². The van der Waals surface area contributed by atoms with Crippen LogP contribution in [0.2, 0.25) is 0 Å². The lowest BCUT2D eigenvalue weighted by Crippen LogP contribution is -2.13. The van der Waals surface area contributed by atoms with Crippen LogP contribution in [0.15, 0.2) is 36.5 Å². The molecule has 2 N–H and O–H groups in total. The number of ether oxygens (including phenoxy) is 1. The number of pyridine rings is 2. The number of methoxy groups -OCH3 is 1. The van der Waals surface area contributed by atoms with Crippen LogP contribution in [-0.4, -0.2) is 23.0 Å². The molecule has 0 radical (unpaired) electrons. The smallest absolute Gasteiger partial charge is 0.267 e. The van der Waals surface area contributed by atoms with E-state index in [0.717, 1.165) is 0 Å². The van der Waals surface area contributed by atoms with E-state index in [1.807, 2.05) is 6.07 Å². The summed E-state index contributed by atoms with van der Waals surface area (Å²) >= 11 is 0. The third kappa shape index (κ3) is 2.39. The number of hydrogen-bond acceptors (Lipinski definition) is 4. The van der Waals surface area contributed by atoms with Crippen molar-refractivity contribution in [1.29, 1.82) is 0 Å². The topological polar surface area (TPSA) is 78.1 Å². The highest BCUT2D eigenvalue weighted by Gasteiger charge is 2.09. The first-order valence-corrected chi connectivity index (χ1v) is 4.98. The van der Waals surface area contributed by atoms with Crippen molar-refractivity contribution in [3.05, 3.63) is 42.2 Å². The molecule has 2 aromatic heterocycles. The molecular formula is C12H11N3O2. The molecule has 5 nitrogen and oxygen atoms in total. The van der Waals surface area contributed by atoms with E-state index in [9.17, 15) is 4.79 Å². The first kappa shape index (κ1) is 11.1. The average molecular weight is 229 g/mol. The molecule has 2 aromatic rings. The molecular weight excluding hydrogens is 218 g/mol. The molecule has 1 amide bonds. The Bertz CT molecular complexity index is 541. The second-order valence-corrected chi connectivity index (χ2v) is 3.36. The van der Waals surface area contributed by atoms with Crippen LogP contribution in [0.4, 0.5) is 0 Å². The van der Waals surface area contributed by atoms with Gasteiger partial charge in [-0.3, -0.25) is 9.78 Å². The normalized spacial score (nSPS) is 9.94. The van der Waals surface area contributed by atoms with Crippen molar-refractivity contribution in [1.82, 2.24) is 9.97 Å². The van der Waals surface area contributed by atoms with Crippen LogP contribution in [0.5, 0.6) is 5.75 Å². The minimum atomic E-state index is -0.596. The van der Waals surface area contributed by atoms with Crippen molar-refractivity contribution < 1.29 is 9.53 Å². The zero-order valence-electron chi connectivity index (χ0n) is 9.25. The van der Waals surface area contributed by atoms with Gasteiger partial charge >= 0.3 is 0 Å². The summed E-state index contributed by atoms with van der Waals surface area (Å²) in [5.74, 6) is -0.0736. The van der Waals surface area contributed by atoms with Gasteiger partial charge in [0.15, 0.2) is 0 Å². The maximum atomic E-state index is 11.1. The van der Waals surface area contributed by atoms with Gasteiger partial charge in [0, 0.05) is 18.3 Å². The quantitative estimate of drug-likeness (QED) is 0.859. The fourth-order valence-corrected chi connectivity index (χ4v) is 1.40. The Hall–Kier alpha value is -2.43. The number of nitrogens with two attached hydrogens (primary N) is 1. The second kappa shape index (κ2) is 4.61. The van der Waals surface area contributed by atoms with Crippen molar-refractivity contribution in [3.63, 3.8) is 0 Å². The maximum Gasteiger partial charge on any atom is 0.267 e. The number of carbonyl (C=O) groups excluding carboxylic acids is 1. The molecule has 0 unspecified atom stereocenters. The Morgan fingerprint density at radius 3 is 2.71 bits per heavy atom. The third-order valence-corrected chi connectivity index (χ3v) is 2.21. The van der Waals surface area contributed by atoms with Gasteiger partial charge < -0.3 is 10.5 Å². The molecule has 5 heteroatoms. The highest BCUT2D eigenvalue weighted by molar-refractivity contribution is 5.91. The van der Waals surface area contributed by atoms with E-state index < -0.39 is 5.91 Å². The average Bonchev–Trinajstić information content (AvgIpc) is 2.39. The zero-order chi connectivity index (χ0) is 12.3. The molecule has 0 spiro atoms. The van der Waals surface area contributed by atoms with Gasteiger partial charge in [-0.2, -0.15) is 0 Å². The molecule has 0 aromatic carbocycles. The van der Waals surface area contributed by atoms with E-state index >= 15 is 0 Å². The zero-order valence-corrected chi connectivity index (χ0v) is 9.25. The van der Waals surface area contributed by atoms with Gasteiger partial charge in [-0.1, -0.05) is 6.07 Å². The van der Waals surface area contributed by atoms with E-state index in [0.29, 0.717) is 17.1 Å². The van der Waals surface area contributed by atoms with Crippen LogP contribution in [-0.2, 0) is 0 Å². The molecule has 0 aliphatic rings. The largest absolute Gasteiger partial charge is 0.497 e. The molecule has 2 rings (SSSR count). The van der Waals surface area contributed by atoms with Gasteiger partial charge in [0.1, 0.15) is 11.4 Å². The Kier molecular flexibility index (Phi) is 3.00. The number of amides is 1. The van der Waals surface area contributed by atoms with Gasteiger partial charge in [-0.25, -0.2) is 4.98 Å². The molecule has 0 saturated heterocycles. The van der Waals surface area contributed by atoms with Gasteiger partial charge in [0.25, 0.3) is 5.91 Å². The lowest BCUT2D eigenvalue weighted by Gasteiger charge is -2.05. The van der Waals surface area contributed by atoms with Crippen molar-refractivity contribution in [2.45, 2.75) is 0 Å².